The molecule has 0 aromatic heterocycles. The van der Waals surface area contributed by atoms with E-state index in [1.54, 1.807) is 0 Å². The normalized spacial score (nSPS) is 22.0. The van der Waals surface area contributed by atoms with Crippen LogP contribution in [0.15, 0.2) is 16.6 Å². The monoisotopic (exact) mass is 332 g/mol. The zero-order chi connectivity index (χ0) is 13.3. The minimum absolute atomic E-state index is 0.262. The van der Waals surface area contributed by atoms with Gasteiger partial charge in [-0.3, -0.25) is 0 Å². The van der Waals surface area contributed by atoms with E-state index in [4.69, 9.17) is 5.73 Å². The lowest BCUT2D eigenvalue weighted by atomic mass is 10.2. The van der Waals surface area contributed by atoms with Crippen molar-refractivity contribution >= 4 is 37.1 Å². The van der Waals surface area contributed by atoms with E-state index < -0.39 is 9.84 Å². The van der Waals surface area contributed by atoms with E-state index in [1.165, 1.54) is 0 Å². The van der Waals surface area contributed by atoms with Crippen molar-refractivity contribution in [2.75, 3.05) is 23.3 Å². The van der Waals surface area contributed by atoms with Crippen LogP contribution in [0.4, 0.5) is 11.4 Å². The first-order valence-corrected chi connectivity index (χ1v) is 8.42. The Kier molecular flexibility index (Phi) is 3.87. The summed E-state index contributed by atoms with van der Waals surface area (Å²) in [7, 11) is -2.89. The number of hydrogen-bond donors (Lipinski definition) is 2. The smallest absolute Gasteiger partial charge is 0.154 e. The number of aryl methyl sites for hydroxylation is 1. The molecule has 4 nitrogen and oxygen atoms in total. The Balaban J connectivity index is 2.09. The maximum atomic E-state index is 11.7. The Bertz CT molecular complexity index is 557. The Hall–Kier alpha value is -0.750. The van der Waals surface area contributed by atoms with Crippen molar-refractivity contribution in [2.24, 2.45) is 0 Å². The summed E-state index contributed by atoms with van der Waals surface area (Å²) in [4.78, 5) is 0. The van der Waals surface area contributed by atoms with E-state index in [2.05, 4.69) is 21.2 Å². The highest BCUT2D eigenvalue weighted by molar-refractivity contribution is 9.10. The van der Waals surface area contributed by atoms with Gasteiger partial charge >= 0.3 is 0 Å². The Morgan fingerprint density at radius 1 is 1.50 bits per heavy atom. The maximum absolute atomic E-state index is 11.7. The first kappa shape index (κ1) is 13.7. The standard InChI is InChI=1S/C12H17BrN2O2S/c1-8-5-12(10(13)6-11(8)14)15-7-9-3-2-4-18(9,16)17/h5-6,9,15H,2-4,7,14H2,1H3. The minimum Gasteiger partial charge on any atom is -0.398 e. The summed E-state index contributed by atoms with van der Waals surface area (Å²) in [5.41, 5.74) is 8.39. The maximum Gasteiger partial charge on any atom is 0.154 e. The van der Waals surface area contributed by atoms with Crippen LogP contribution >= 0.6 is 15.9 Å². The molecule has 0 radical (unpaired) electrons. The Labute approximate surface area is 116 Å². The zero-order valence-corrected chi connectivity index (χ0v) is 12.6. The van der Waals surface area contributed by atoms with Gasteiger partial charge in [0.15, 0.2) is 9.84 Å². The van der Waals surface area contributed by atoms with Crippen LogP contribution in [0.5, 0.6) is 0 Å². The van der Waals surface area contributed by atoms with Gasteiger partial charge in [-0.15, -0.1) is 0 Å². The second kappa shape index (κ2) is 5.09. The molecule has 100 valence electrons. The van der Waals surface area contributed by atoms with Crippen molar-refractivity contribution < 1.29 is 8.42 Å². The predicted molar refractivity (Wildman–Crippen MR) is 78.6 cm³/mol. The van der Waals surface area contributed by atoms with E-state index in [0.29, 0.717) is 12.3 Å². The Morgan fingerprint density at radius 2 is 2.22 bits per heavy atom. The van der Waals surface area contributed by atoms with Crippen LogP contribution in [-0.2, 0) is 9.84 Å². The molecular weight excluding hydrogens is 316 g/mol. The summed E-state index contributed by atoms with van der Waals surface area (Å²) < 4.78 is 24.3. The molecule has 1 aliphatic heterocycles. The lowest BCUT2D eigenvalue weighted by molar-refractivity contribution is 0.591. The second-order valence-electron chi connectivity index (χ2n) is 4.70. The van der Waals surface area contributed by atoms with Crippen LogP contribution in [0.3, 0.4) is 0 Å². The topological polar surface area (TPSA) is 72.2 Å². The molecule has 1 heterocycles. The molecule has 1 atom stereocenters. The van der Waals surface area contributed by atoms with E-state index >= 15 is 0 Å². The highest BCUT2D eigenvalue weighted by Gasteiger charge is 2.30. The molecule has 1 saturated heterocycles. The third kappa shape index (κ3) is 2.80. The number of rotatable bonds is 3. The molecule has 1 aliphatic rings. The summed E-state index contributed by atoms with van der Waals surface area (Å²) in [5.74, 6) is 0.321. The molecule has 0 spiro atoms. The summed E-state index contributed by atoms with van der Waals surface area (Å²) >= 11 is 3.43. The van der Waals surface area contributed by atoms with Gasteiger partial charge < -0.3 is 11.1 Å². The number of nitrogen functional groups attached to an aromatic ring is 1. The van der Waals surface area contributed by atoms with E-state index in [1.807, 2.05) is 19.1 Å². The predicted octanol–water partition coefficient (Wildman–Crippen LogP) is 2.33. The molecule has 1 unspecified atom stereocenters. The number of halogens is 1. The van der Waals surface area contributed by atoms with Gasteiger partial charge in [0.25, 0.3) is 0 Å². The van der Waals surface area contributed by atoms with Crippen LogP contribution in [0.1, 0.15) is 18.4 Å². The number of nitrogens with two attached hydrogens (primary N) is 1. The van der Waals surface area contributed by atoms with Crippen molar-refractivity contribution in [1.29, 1.82) is 0 Å². The van der Waals surface area contributed by atoms with Crippen LogP contribution in [0.2, 0.25) is 0 Å². The molecule has 1 fully saturated rings. The average molecular weight is 333 g/mol. The largest absolute Gasteiger partial charge is 0.398 e. The molecule has 0 amide bonds. The molecule has 1 aromatic rings. The number of benzene rings is 1. The van der Waals surface area contributed by atoms with Crippen molar-refractivity contribution in [3.05, 3.63) is 22.2 Å². The minimum atomic E-state index is -2.89. The summed E-state index contributed by atoms with van der Waals surface area (Å²) in [6.07, 6.45) is 1.53. The van der Waals surface area contributed by atoms with E-state index in [-0.39, 0.29) is 5.25 Å². The second-order valence-corrected chi connectivity index (χ2v) is 7.96. The number of anilines is 2. The summed E-state index contributed by atoms with van der Waals surface area (Å²) in [6, 6.07) is 3.77. The van der Waals surface area contributed by atoms with Gasteiger partial charge in [-0.1, -0.05) is 0 Å². The highest BCUT2D eigenvalue weighted by atomic mass is 79.9. The van der Waals surface area contributed by atoms with Crippen molar-refractivity contribution in [1.82, 2.24) is 0 Å². The molecule has 0 bridgehead atoms. The number of nitrogens with one attached hydrogen (secondary N) is 1. The molecule has 1 aromatic carbocycles. The van der Waals surface area contributed by atoms with Crippen molar-refractivity contribution in [3.63, 3.8) is 0 Å². The lowest BCUT2D eigenvalue weighted by Crippen LogP contribution is -2.25. The highest BCUT2D eigenvalue weighted by Crippen LogP contribution is 2.28. The zero-order valence-electron chi connectivity index (χ0n) is 10.2. The Morgan fingerprint density at radius 3 is 2.83 bits per heavy atom. The molecule has 0 aliphatic carbocycles. The molecule has 3 N–H and O–H groups in total. The summed E-state index contributed by atoms with van der Waals surface area (Å²) in [6.45, 7) is 2.39. The van der Waals surface area contributed by atoms with Crippen molar-refractivity contribution in [2.45, 2.75) is 25.0 Å². The van der Waals surface area contributed by atoms with Gasteiger partial charge in [-0.2, -0.15) is 0 Å². The average Bonchev–Trinajstić information content (AvgIpc) is 2.61. The van der Waals surface area contributed by atoms with Gasteiger partial charge in [0.05, 0.1) is 11.0 Å². The third-order valence-corrected chi connectivity index (χ3v) is 6.27. The summed E-state index contributed by atoms with van der Waals surface area (Å²) in [5, 5.41) is 2.94. The van der Waals surface area contributed by atoms with Gasteiger partial charge in [-0.25, -0.2) is 8.42 Å². The van der Waals surface area contributed by atoms with Gasteiger partial charge in [0, 0.05) is 22.4 Å². The molecule has 0 saturated carbocycles. The van der Waals surface area contributed by atoms with Gasteiger partial charge in [0.2, 0.25) is 0 Å². The van der Waals surface area contributed by atoms with Crippen LogP contribution < -0.4 is 11.1 Å². The lowest BCUT2D eigenvalue weighted by Gasteiger charge is -2.14. The van der Waals surface area contributed by atoms with Crippen molar-refractivity contribution in [3.8, 4) is 0 Å². The quantitative estimate of drug-likeness (QED) is 0.833. The first-order valence-electron chi connectivity index (χ1n) is 5.91. The molecule has 2 rings (SSSR count). The number of hydrogen-bond acceptors (Lipinski definition) is 4. The fraction of sp³-hybridized carbons (Fsp3) is 0.500. The molecule has 18 heavy (non-hydrogen) atoms. The molecular formula is C12H17BrN2O2S. The fourth-order valence-corrected chi connectivity index (χ4v) is 4.41. The van der Waals surface area contributed by atoms with E-state index in [0.717, 1.165) is 34.3 Å². The number of sulfone groups is 1. The van der Waals surface area contributed by atoms with E-state index in [9.17, 15) is 8.42 Å². The van der Waals surface area contributed by atoms with Gasteiger partial charge in [-0.05, 0) is 53.4 Å². The first-order chi connectivity index (χ1) is 8.40. The third-order valence-electron chi connectivity index (χ3n) is 3.34. The fourth-order valence-electron chi connectivity index (χ4n) is 2.14. The molecule has 6 heteroatoms. The van der Waals surface area contributed by atoms with Crippen LogP contribution in [-0.4, -0.2) is 26.0 Å². The van der Waals surface area contributed by atoms with Gasteiger partial charge in [0.1, 0.15) is 0 Å². The van der Waals surface area contributed by atoms with Crippen LogP contribution in [0, 0.1) is 6.92 Å². The SMILES string of the molecule is Cc1cc(NCC2CCCS2(=O)=O)c(Br)cc1N. The van der Waals surface area contributed by atoms with Crippen LogP contribution in [0.25, 0.3) is 0 Å².